The fraction of sp³-hybridized carbons (Fsp3) is 0.533. The van der Waals surface area contributed by atoms with Crippen molar-refractivity contribution in [3.05, 3.63) is 34.3 Å². The van der Waals surface area contributed by atoms with Gasteiger partial charge in [-0.1, -0.05) is 41.9 Å². The highest BCUT2D eigenvalue weighted by atomic mass is 79.9. The van der Waals surface area contributed by atoms with Crippen LogP contribution in [0.1, 0.15) is 44.7 Å². The zero-order valence-electron chi connectivity index (χ0n) is 11.7. The number of benzene rings is 1. The van der Waals surface area contributed by atoms with Crippen LogP contribution in [0, 0.1) is 0 Å². The SMILES string of the molecule is CCCNC(=O)CCNC(CC)c1cccc(Br)c1. The summed E-state index contributed by atoms with van der Waals surface area (Å²) in [4.78, 5) is 11.5. The molecule has 1 atom stereocenters. The molecule has 4 heteroatoms. The van der Waals surface area contributed by atoms with Crippen molar-refractivity contribution < 1.29 is 4.79 Å². The van der Waals surface area contributed by atoms with Gasteiger partial charge in [0.05, 0.1) is 0 Å². The van der Waals surface area contributed by atoms with Gasteiger partial charge in [0.25, 0.3) is 0 Å². The van der Waals surface area contributed by atoms with Gasteiger partial charge < -0.3 is 10.6 Å². The Balaban J connectivity index is 2.39. The van der Waals surface area contributed by atoms with Crippen LogP contribution < -0.4 is 10.6 Å². The number of hydrogen-bond acceptors (Lipinski definition) is 2. The second-order valence-electron chi connectivity index (χ2n) is 4.57. The lowest BCUT2D eigenvalue weighted by Gasteiger charge is -2.17. The van der Waals surface area contributed by atoms with Crippen molar-refractivity contribution >= 4 is 21.8 Å². The summed E-state index contributed by atoms with van der Waals surface area (Å²) in [5.74, 6) is 0.124. The van der Waals surface area contributed by atoms with Crippen molar-refractivity contribution in [2.45, 2.75) is 39.2 Å². The number of carbonyl (C=O) groups is 1. The standard InChI is InChI=1S/C15H23BrN2O/c1-3-9-18-15(19)8-10-17-14(4-2)12-6-5-7-13(16)11-12/h5-7,11,14,17H,3-4,8-10H2,1-2H3,(H,18,19). The predicted molar refractivity (Wildman–Crippen MR) is 83.1 cm³/mol. The van der Waals surface area contributed by atoms with E-state index >= 15 is 0 Å². The molecular formula is C15H23BrN2O. The average Bonchev–Trinajstić information content (AvgIpc) is 2.41. The van der Waals surface area contributed by atoms with E-state index in [1.165, 1.54) is 5.56 Å². The molecule has 0 aliphatic carbocycles. The quantitative estimate of drug-likeness (QED) is 0.768. The summed E-state index contributed by atoms with van der Waals surface area (Å²) in [6, 6.07) is 8.60. The largest absolute Gasteiger partial charge is 0.356 e. The molecule has 19 heavy (non-hydrogen) atoms. The van der Waals surface area contributed by atoms with Gasteiger partial charge in [0.15, 0.2) is 0 Å². The lowest BCUT2D eigenvalue weighted by atomic mass is 10.0. The lowest BCUT2D eigenvalue weighted by molar-refractivity contribution is -0.121. The Kier molecular flexibility index (Phi) is 7.75. The second kappa shape index (κ2) is 9.10. The molecule has 2 N–H and O–H groups in total. The van der Waals surface area contributed by atoms with Gasteiger partial charge in [-0.3, -0.25) is 4.79 Å². The monoisotopic (exact) mass is 326 g/mol. The zero-order chi connectivity index (χ0) is 14.1. The average molecular weight is 327 g/mol. The molecule has 0 fully saturated rings. The van der Waals surface area contributed by atoms with E-state index in [2.05, 4.69) is 52.5 Å². The molecule has 0 heterocycles. The van der Waals surface area contributed by atoms with E-state index < -0.39 is 0 Å². The third kappa shape index (κ3) is 6.21. The maximum Gasteiger partial charge on any atom is 0.221 e. The number of halogens is 1. The summed E-state index contributed by atoms with van der Waals surface area (Å²) in [5, 5.41) is 6.33. The predicted octanol–water partition coefficient (Wildman–Crippen LogP) is 3.41. The number of nitrogens with one attached hydrogen (secondary N) is 2. The van der Waals surface area contributed by atoms with Crippen LogP contribution in [0.15, 0.2) is 28.7 Å². The van der Waals surface area contributed by atoms with Gasteiger partial charge >= 0.3 is 0 Å². The first kappa shape index (κ1) is 16.2. The highest BCUT2D eigenvalue weighted by Crippen LogP contribution is 2.20. The molecule has 3 nitrogen and oxygen atoms in total. The third-order valence-corrected chi connectivity index (χ3v) is 3.47. The van der Waals surface area contributed by atoms with Crippen LogP contribution in [0.4, 0.5) is 0 Å². The fourth-order valence-electron chi connectivity index (χ4n) is 1.93. The first-order valence-electron chi connectivity index (χ1n) is 6.92. The van der Waals surface area contributed by atoms with Crippen LogP contribution in [-0.2, 0) is 4.79 Å². The highest BCUT2D eigenvalue weighted by molar-refractivity contribution is 9.10. The first-order valence-corrected chi connectivity index (χ1v) is 7.72. The highest BCUT2D eigenvalue weighted by Gasteiger charge is 2.09. The van der Waals surface area contributed by atoms with Crippen molar-refractivity contribution in [3.8, 4) is 0 Å². The minimum Gasteiger partial charge on any atom is -0.356 e. The molecule has 0 aromatic heterocycles. The van der Waals surface area contributed by atoms with Gasteiger partial charge in [-0.25, -0.2) is 0 Å². The maximum atomic E-state index is 11.5. The third-order valence-electron chi connectivity index (χ3n) is 2.97. The van der Waals surface area contributed by atoms with E-state index in [0.29, 0.717) is 19.0 Å². The molecule has 0 radical (unpaired) electrons. The minimum absolute atomic E-state index is 0.124. The number of amides is 1. The molecule has 1 unspecified atom stereocenters. The van der Waals surface area contributed by atoms with Crippen molar-refractivity contribution in [2.24, 2.45) is 0 Å². The molecule has 1 rings (SSSR count). The van der Waals surface area contributed by atoms with Gasteiger partial charge in [0.1, 0.15) is 0 Å². The zero-order valence-corrected chi connectivity index (χ0v) is 13.3. The van der Waals surface area contributed by atoms with E-state index in [-0.39, 0.29) is 5.91 Å². The van der Waals surface area contributed by atoms with Crippen LogP contribution in [-0.4, -0.2) is 19.0 Å². The van der Waals surface area contributed by atoms with E-state index in [1.54, 1.807) is 0 Å². The summed E-state index contributed by atoms with van der Waals surface area (Å²) in [7, 11) is 0. The smallest absolute Gasteiger partial charge is 0.221 e. The van der Waals surface area contributed by atoms with Crippen molar-refractivity contribution in [1.82, 2.24) is 10.6 Å². The summed E-state index contributed by atoms with van der Waals surface area (Å²) < 4.78 is 1.09. The van der Waals surface area contributed by atoms with Crippen molar-refractivity contribution in [3.63, 3.8) is 0 Å². The summed E-state index contributed by atoms with van der Waals surface area (Å²) in [6.45, 7) is 5.68. The number of hydrogen-bond donors (Lipinski definition) is 2. The number of rotatable bonds is 8. The Morgan fingerprint density at radius 2 is 2.11 bits per heavy atom. The molecule has 1 aromatic rings. The summed E-state index contributed by atoms with van der Waals surface area (Å²) >= 11 is 3.49. The summed E-state index contributed by atoms with van der Waals surface area (Å²) in [5.41, 5.74) is 1.26. The Hall–Kier alpha value is -0.870. The molecule has 0 saturated carbocycles. The minimum atomic E-state index is 0.124. The Bertz CT molecular complexity index is 395. The molecule has 1 amide bonds. The molecule has 0 aliphatic rings. The molecule has 1 aromatic carbocycles. The van der Waals surface area contributed by atoms with Gasteiger partial charge in [-0.15, -0.1) is 0 Å². The van der Waals surface area contributed by atoms with Crippen LogP contribution in [0.25, 0.3) is 0 Å². The Labute approximate surface area is 124 Å². The van der Waals surface area contributed by atoms with Crippen molar-refractivity contribution in [2.75, 3.05) is 13.1 Å². The lowest BCUT2D eigenvalue weighted by Crippen LogP contribution is -2.29. The Morgan fingerprint density at radius 1 is 1.32 bits per heavy atom. The molecule has 106 valence electrons. The fourth-order valence-corrected chi connectivity index (χ4v) is 2.35. The molecule has 0 aliphatic heterocycles. The maximum absolute atomic E-state index is 11.5. The first-order chi connectivity index (χ1) is 9.17. The van der Waals surface area contributed by atoms with E-state index in [0.717, 1.165) is 23.9 Å². The van der Waals surface area contributed by atoms with Crippen LogP contribution in [0.5, 0.6) is 0 Å². The van der Waals surface area contributed by atoms with Gasteiger partial charge in [0, 0.05) is 30.0 Å². The molecule has 0 spiro atoms. The molecule has 0 saturated heterocycles. The van der Waals surface area contributed by atoms with Crippen molar-refractivity contribution in [1.29, 1.82) is 0 Å². The van der Waals surface area contributed by atoms with Gasteiger partial charge in [-0.05, 0) is 30.5 Å². The second-order valence-corrected chi connectivity index (χ2v) is 5.49. The van der Waals surface area contributed by atoms with E-state index in [9.17, 15) is 4.79 Å². The number of carbonyl (C=O) groups excluding carboxylic acids is 1. The Morgan fingerprint density at radius 3 is 2.74 bits per heavy atom. The van der Waals surface area contributed by atoms with Gasteiger partial charge in [-0.2, -0.15) is 0 Å². The van der Waals surface area contributed by atoms with E-state index in [1.807, 2.05) is 12.1 Å². The van der Waals surface area contributed by atoms with E-state index in [4.69, 9.17) is 0 Å². The normalized spacial score (nSPS) is 12.2. The molecular weight excluding hydrogens is 304 g/mol. The topological polar surface area (TPSA) is 41.1 Å². The van der Waals surface area contributed by atoms with Gasteiger partial charge in [0.2, 0.25) is 5.91 Å². The van der Waals surface area contributed by atoms with Crippen LogP contribution in [0.2, 0.25) is 0 Å². The molecule has 0 bridgehead atoms. The summed E-state index contributed by atoms with van der Waals surface area (Å²) in [6.07, 6.45) is 2.52. The van der Waals surface area contributed by atoms with Crippen LogP contribution >= 0.6 is 15.9 Å². The van der Waals surface area contributed by atoms with Crippen LogP contribution in [0.3, 0.4) is 0 Å².